The number of carbonyl (C=O) groups is 5. The van der Waals surface area contributed by atoms with Crippen LogP contribution in [0, 0.1) is 0 Å². The number of aliphatic hydroxyl groups excluding tert-OH is 1. The first-order valence-corrected chi connectivity index (χ1v) is 14.5. The van der Waals surface area contributed by atoms with Gasteiger partial charge in [0.2, 0.25) is 23.6 Å². The van der Waals surface area contributed by atoms with Crippen LogP contribution in [0.1, 0.15) is 64.7 Å². The van der Waals surface area contributed by atoms with E-state index in [1.54, 1.807) is 0 Å². The Morgan fingerprint density at radius 1 is 0.929 bits per heavy atom. The third-order valence-electron chi connectivity index (χ3n) is 7.60. The topological polar surface area (TPSA) is 273 Å². The van der Waals surface area contributed by atoms with Gasteiger partial charge in [0.15, 0.2) is 5.96 Å². The van der Waals surface area contributed by atoms with Crippen molar-refractivity contribution in [3.8, 4) is 0 Å². The van der Waals surface area contributed by atoms with Gasteiger partial charge in [0.1, 0.15) is 30.2 Å². The molecule has 6 atom stereocenters. The summed E-state index contributed by atoms with van der Waals surface area (Å²) in [5.74, 6) is -3.43. The molecule has 2 heterocycles. The normalized spacial score (nSPS) is 21.2. The van der Waals surface area contributed by atoms with E-state index in [4.69, 9.17) is 22.9 Å². The van der Waals surface area contributed by atoms with Gasteiger partial charge in [-0.25, -0.2) is 4.79 Å². The minimum atomic E-state index is -1.23. The molecule has 0 aromatic rings. The summed E-state index contributed by atoms with van der Waals surface area (Å²) in [6, 6.07) is -5.08. The van der Waals surface area contributed by atoms with Crippen LogP contribution in [0.3, 0.4) is 0 Å². The van der Waals surface area contributed by atoms with Crippen molar-refractivity contribution >= 4 is 35.6 Å². The van der Waals surface area contributed by atoms with Crippen LogP contribution in [-0.2, 0) is 24.0 Å². The third kappa shape index (κ3) is 9.80. The highest BCUT2D eigenvalue weighted by molar-refractivity contribution is 5.96. The summed E-state index contributed by atoms with van der Waals surface area (Å²) in [5, 5.41) is 24.5. The van der Waals surface area contributed by atoms with Gasteiger partial charge in [0.25, 0.3) is 0 Å². The monoisotopic (exact) mass is 597 g/mol. The van der Waals surface area contributed by atoms with Gasteiger partial charge < -0.3 is 53.6 Å². The van der Waals surface area contributed by atoms with Crippen LogP contribution in [0.15, 0.2) is 4.99 Å². The fraction of sp³-hybridized carbons (Fsp3) is 0.769. The number of hydrogen-bond donors (Lipinski definition) is 8. The van der Waals surface area contributed by atoms with E-state index >= 15 is 0 Å². The number of guanidine groups is 1. The second kappa shape index (κ2) is 16.8. The lowest BCUT2D eigenvalue weighted by molar-refractivity contribution is -0.149. The zero-order valence-electron chi connectivity index (χ0n) is 24.2. The number of carbonyl (C=O) groups excluding carboxylic acids is 4. The van der Waals surface area contributed by atoms with Crippen LogP contribution in [0.2, 0.25) is 0 Å². The molecule has 238 valence electrons. The van der Waals surface area contributed by atoms with E-state index in [9.17, 15) is 34.2 Å². The van der Waals surface area contributed by atoms with Crippen molar-refractivity contribution in [1.29, 1.82) is 0 Å². The number of hydrogen-bond acceptors (Lipinski definition) is 9. The molecule has 0 radical (unpaired) electrons. The Hall–Kier alpha value is -3.50. The molecule has 0 aromatic carbocycles. The van der Waals surface area contributed by atoms with Crippen molar-refractivity contribution in [1.82, 2.24) is 20.4 Å². The van der Waals surface area contributed by atoms with Gasteiger partial charge >= 0.3 is 5.97 Å². The number of nitrogens with one attached hydrogen (secondary N) is 2. The maximum atomic E-state index is 13.7. The Morgan fingerprint density at radius 2 is 1.55 bits per heavy atom. The van der Waals surface area contributed by atoms with Gasteiger partial charge in [-0.1, -0.05) is 0 Å². The Bertz CT molecular complexity index is 989. The van der Waals surface area contributed by atoms with E-state index in [1.807, 2.05) is 0 Å². The van der Waals surface area contributed by atoms with Crippen molar-refractivity contribution < 1.29 is 34.2 Å². The van der Waals surface area contributed by atoms with E-state index in [0.717, 1.165) is 0 Å². The van der Waals surface area contributed by atoms with Gasteiger partial charge in [-0.2, -0.15) is 0 Å². The quantitative estimate of drug-likeness (QED) is 0.0501. The molecule has 4 amide bonds. The summed E-state index contributed by atoms with van der Waals surface area (Å²) < 4.78 is 0. The molecule has 2 fully saturated rings. The molecule has 2 rings (SSSR count). The Balaban J connectivity index is 2.12. The lowest BCUT2D eigenvalue weighted by atomic mass is 10.1. The minimum Gasteiger partial charge on any atom is -0.480 e. The SMILES string of the molecule is CC(O)C(N)C(=O)N[C@H](CCCCN)C(=O)N1CCC[C@H]1C(=O)N1CCC[C@H]1C(=O)N[C@@H](CCCN=C(N)N)C(=O)O. The average molecular weight is 598 g/mol. The molecule has 16 nitrogen and oxygen atoms in total. The lowest BCUT2D eigenvalue weighted by Crippen LogP contribution is -2.58. The number of nitrogens with zero attached hydrogens (tertiary/aromatic N) is 3. The predicted octanol–water partition coefficient (Wildman–Crippen LogP) is -3.09. The number of nitrogens with two attached hydrogens (primary N) is 4. The van der Waals surface area contributed by atoms with Crippen LogP contribution in [0.25, 0.3) is 0 Å². The number of amides is 4. The molecule has 0 saturated carbocycles. The van der Waals surface area contributed by atoms with E-state index < -0.39 is 65.9 Å². The first-order chi connectivity index (χ1) is 19.9. The van der Waals surface area contributed by atoms with Crippen molar-refractivity contribution in [2.45, 2.75) is 101 Å². The van der Waals surface area contributed by atoms with Gasteiger partial charge in [-0.3, -0.25) is 24.2 Å². The van der Waals surface area contributed by atoms with E-state index in [1.165, 1.54) is 16.7 Å². The number of aliphatic imine (C=N–C) groups is 1. The van der Waals surface area contributed by atoms with Crippen LogP contribution < -0.4 is 33.6 Å². The summed E-state index contributed by atoms with van der Waals surface area (Å²) in [7, 11) is 0. The number of unbranched alkanes of at least 4 members (excludes halogenated alkanes) is 1. The molecule has 12 N–H and O–H groups in total. The molecule has 16 heteroatoms. The molecule has 2 saturated heterocycles. The van der Waals surface area contributed by atoms with Crippen LogP contribution in [0.4, 0.5) is 0 Å². The van der Waals surface area contributed by atoms with Gasteiger partial charge in [0, 0.05) is 19.6 Å². The molecule has 0 aromatic heterocycles. The molecular formula is C26H47N9O7. The fourth-order valence-electron chi connectivity index (χ4n) is 5.25. The minimum absolute atomic E-state index is 0.0966. The fourth-order valence-corrected chi connectivity index (χ4v) is 5.25. The highest BCUT2D eigenvalue weighted by Crippen LogP contribution is 2.26. The Morgan fingerprint density at radius 3 is 2.14 bits per heavy atom. The number of rotatable bonds is 16. The van der Waals surface area contributed by atoms with E-state index in [-0.39, 0.29) is 31.9 Å². The standard InChI is InChI=1S/C26H47N9O7/c1-15(36)20(28)22(38)32-16(7-2-3-11-27)23(39)35-14-6-10-19(35)24(40)34-13-5-9-18(34)21(37)33-17(25(41)42)8-4-12-31-26(29)30/h15-20,36H,2-14,27-28H2,1H3,(H,32,38)(H,33,37)(H,41,42)(H4,29,30,31)/t15?,16-,17+,18+,19+,20?/m1/s1. The molecule has 2 aliphatic rings. The summed E-state index contributed by atoms with van der Waals surface area (Å²) in [4.78, 5) is 71.5. The zero-order valence-corrected chi connectivity index (χ0v) is 24.2. The smallest absolute Gasteiger partial charge is 0.326 e. The van der Waals surface area contributed by atoms with Gasteiger partial charge in [-0.15, -0.1) is 0 Å². The second-order valence-corrected chi connectivity index (χ2v) is 10.8. The molecule has 0 bridgehead atoms. The van der Waals surface area contributed by atoms with Crippen molar-refractivity contribution in [3.63, 3.8) is 0 Å². The Kier molecular flexibility index (Phi) is 13.9. The van der Waals surface area contributed by atoms with Crippen molar-refractivity contribution in [2.75, 3.05) is 26.2 Å². The predicted molar refractivity (Wildman–Crippen MR) is 153 cm³/mol. The number of carboxylic acids is 1. The number of carboxylic acid groups (broad SMARTS) is 1. The maximum Gasteiger partial charge on any atom is 0.326 e. The summed E-state index contributed by atoms with van der Waals surface area (Å²) in [6.45, 7) is 2.57. The Labute approximate surface area is 245 Å². The van der Waals surface area contributed by atoms with Gasteiger partial charge in [0.05, 0.1) is 6.10 Å². The highest BCUT2D eigenvalue weighted by Gasteiger charge is 2.44. The molecule has 2 unspecified atom stereocenters. The largest absolute Gasteiger partial charge is 0.480 e. The molecule has 42 heavy (non-hydrogen) atoms. The molecule has 0 aliphatic carbocycles. The molecule has 2 aliphatic heterocycles. The molecular weight excluding hydrogens is 550 g/mol. The van der Waals surface area contributed by atoms with Crippen molar-refractivity contribution in [3.05, 3.63) is 0 Å². The average Bonchev–Trinajstić information content (AvgIpc) is 3.63. The van der Waals surface area contributed by atoms with E-state index in [0.29, 0.717) is 58.0 Å². The summed E-state index contributed by atoms with van der Waals surface area (Å²) >= 11 is 0. The summed E-state index contributed by atoms with van der Waals surface area (Å²) in [5.41, 5.74) is 21.9. The first-order valence-electron chi connectivity index (χ1n) is 14.5. The van der Waals surface area contributed by atoms with E-state index in [2.05, 4.69) is 15.6 Å². The number of likely N-dealkylation sites (tertiary alicyclic amines) is 2. The van der Waals surface area contributed by atoms with Crippen LogP contribution >= 0.6 is 0 Å². The highest BCUT2D eigenvalue weighted by atomic mass is 16.4. The third-order valence-corrected chi connectivity index (χ3v) is 7.60. The lowest BCUT2D eigenvalue weighted by Gasteiger charge is -2.33. The maximum absolute atomic E-state index is 13.7. The van der Waals surface area contributed by atoms with Crippen LogP contribution in [0.5, 0.6) is 0 Å². The van der Waals surface area contributed by atoms with Crippen molar-refractivity contribution in [2.24, 2.45) is 27.9 Å². The zero-order chi connectivity index (χ0) is 31.4. The second-order valence-electron chi connectivity index (χ2n) is 10.8. The van der Waals surface area contributed by atoms with Crippen LogP contribution in [-0.4, -0.2) is 118 Å². The first kappa shape index (κ1) is 34.7. The summed E-state index contributed by atoms with van der Waals surface area (Å²) in [6.07, 6.45) is 2.59. The number of aliphatic hydroxyl groups is 1. The van der Waals surface area contributed by atoms with Gasteiger partial charge in [-0.05, 0) is 71.3 Å². The number of aliphatic carboxylic acids is 1. The molecule has 0 spiro atoms.